The van der Waals surface area contributed by atoms with Gasteiger partial charge in [0.05, 0.1) is 29.3 Å². The van der Waals surface area contributed by atoms with Crippen molar-refractivity contribution in [3.8, 4) is 0 Å². The maximum atomic E-state index is 4.83. The van der Waals surface area contributed by atoms with Crippen molar-refractivity contribution in [2.45, 2.75) is 38.8 Å². The molecule has 2 aromatic heterocycles. The van der Waals surface area contributed by atoms with Crippen molar-refractivity contribution in [2.75, 3.05) is 13.1 Å². The Hall–Kier alpha value is -2.14. The first-order valence-electron chi connectivity index (χ1n) is 8.48. The Labute approximate surface area is 136 Å². The van der Waals surface area contributed by atoms with E-state index in [0.717, 1.165) is 42.2 Å². The largest absolute Gasteiger partial charge is 0.341 e. The summed E-state index contributed by atoms with van der Waals surface area (Å²) in [7, 11) is 0. The number of aromatic amines is 1. The average Bonchev–Trinajstić information content (AvgIpc) is 3.19. The molecule has 0 spiro atoms. The number of likely N-dealkylation sites (tertiary alicyclic amines) is 1. The van der Waals surface area contributed by atoms with Gasteiger partial charge in [0.25, 0.3) is 0 Å². The molecule has 1 aliphatic heterocycles. The molecule has 5 heteroatoms. The first-order chi connectivity index (χ1) is 11.3. The van der Waals surface area contributed by atoms with E-state index in [1.807, 2.05) is 17.7 Å². The predicted molar refractivity (Wildman–Crippen MR) is 91.2 cm³/mol. The Balaban J connectivity index is 1.52. The standard InChI is InChI=1S/C18H23N5/c1-14-9-11-23(21-14)13-12-22-10-5-4-8-17(22)18-19-15-6-2-3-7-16(15)20-18/h2-3,6-7,9,11,17H,4-5,8,10,12-13H2,1H3,(H,19,20)/t17-/m1/s1. The molecule has 23 heavy (non-hydrogen) atoms. The molecule has 0 bridgehead atoms. The Kier molecular flexibility index (Phi) is 3.87. The molecule has 0 saturated carbocycles. The number of hydrogen-bond donors (Lipinski definition) is 1. The van der Waals surface area contributed by atoms with Crippen LogP contribution in [0.4, 0.5) is 0 Å². The first kappa shape index (κ1) is 14.5. The lowest BCUT2D eigenvalue weighted by Gasteiger charge is -2.34. The molecule has 1 aromatic carbocycles. The summed E-state index contributed by atoms with van der Waals surface area (Å²) in [5, 5.41) is 4.49. The zero-order chi connectivity index (χ0) is 15.6. The van der Waals surface area contributed by atoms with Crippen LogP contribution in [0.15, 0.2) is 36.5 Å². The molecular formula is C18H23N5. The normalized spacial score (nSPS) is 19.4. The minimum atomic E-state index is 0.396. The number of imidazole rings is 1. The van der Waals surface area contributed by atoms with E-state index in [1.54, 1.807) is 0 Å². The summed E-state index contributed by atoms with van der Waals surface area (Å²) >= 11 is 0. The van der Waals surface area contributed by atoms with Gasteiger partial charge in [0, 0.05) is 12.7 Å². The lowest BCUT2D eigenvalue weighted by atomic mass is 10.0. The Bertz CT molecular complexity index is 754. The number of fused-ring (bicyclic) bond motifs is 1. The molecule has 1 saturated heterocycles. The van der Waals surface area contributed by atoms with Crippen LogP contribution in [0, 0.1) is 6.92 Å². The zero-order valence-electron chi connectivity index (χ0n) is 13.6. The number of hydrogen-bond acceptors (Lipinski definition) is 3. The summed E-state index contributed by atoms with van der Waals surface area (Å²) in [5.74, 6) is 1.11. The van der Waals surface area contributed by atoms with Crippen molar-refractivity contribution in [1.29, 1.82) is 0 Å². The van der Waals surface area contributed by atoms with E-state index in [2.05, 4.69) is 45.4 Å². The summed E-state index contributed by atoms with van der Waals surface area (Å²) in [6.07, 6.45) is 5.79. The average molecular weight is 309 g/mol. The van der Waals surface area contributed by atoms with Crippen molar-refractivity contribution >= 4 is 11.0 Å². The van der Waals surface area contributed by atoms with Crippen molar-refractivity contribution in [3.05, 3.63) is 48.0 Å². The summed E-state index contributed by atoms with van der Waals surface area (Å²) < 4.78 is 2.04. The Morgan fingerprint density at radius 1 is 1.17 bits per heavy atom. The number of aromatic nitrogens is 4. The van der Waals surface area contributed by atoms with Gasteiger partial charge in [0.2, 0.25) is 0 Å². The second kappa shape index (κ2) is 6.16. The number of nitrogens with zero attached hydrogens (tertiary/aromatic N) is 4. The molecule has 1 aliphatic rings. The van der Waals surface area contributed by atoms with Crippen molar-refractivity contribution in [2.24, 2.45) is 0 Å². The van der Waals surface area contributed by atoms with Crippen molar-refractivity contribution < 1.29 is 0 Å². The highest BCUT2D eigenvalue weighted by Crippen LogP contribution is 2.30. The maximum absolute atomic E-state index is 4.83. The topological polar surface area (TPSA) is 49.7 Å². The number of rotatable bonds is 4. The fraction of sp³-hybridized carbons (Fsp3) is 0.444. The summed E-state index contributed by atoms with van der Waals surface area (Å²) in [5.41, 5.74) is 3.28. The highest BCUT2D eigenvalue weighted by molar-refractivity contribution is 5.74. The van der Waals surface area contributed by atoms with Gasteiger partial charge in [-0.15, -0.1) is 0 Å². The van der Waals surface area contributed by atoms with Gasteiger partial charge in [-0.25, -0.2) is 4.98 Å². The number of H-pyrrole nitrogens is 1. The Morgan fingerprint density at radius 3 is 2.91 bits per heavy atom. The van der Waals surface area contributed by atoms with Gasteiger partial charge >= 0.3 is 0 Å². The van der Waals surface area contributed by atoms with E-state index in [4.69, 9.17) is 4.98 Å². The van der Waals surface area contributed by atoms with Crippen molar-refractivity contribution in [1.82, 2.24) is 24.6 Å². The SMILES string of the molecule is Cc1ccn(CCN2CCCC[C@@H]2c2nc3ccccc3[nH]2)n1. The smallest absolute Gasteiger partial charge is 0.124 e. The zero-order valence-corrected chi connectivity index (χ0v) is 13.6. The third-order valence-electron chi connectivity index (χ3n) is 4.73. The molecular weight excluding hydrogens is 286 g/mol. The van der Waals surface area contributed by atoms with Crippen LogP contribution in [0.3, 0.4) is 0 Å². The van der Waals surface area contributed by atoms with E-state index >= 15 is 0 Å². The highest BCUT2D eigenvalue weighted by Gasteiger charge is 2.26. The summed E-state index contributed by atoms with van der Waals surface area (Å²) in [6, 6.07) is 10.7. The van der Waals surface area contributed by atoms with Crippen LogP contribution in [-0.2, 0) is 6.54 Å². The molecule has 1 fully saturated rings. The van der Waals surface area contributed by atoms with Crippen LogP contribution < -0.4 is 0 Å². The van der Waals surface area contributed by atoms with Crippen LogP contribution in [0.2, 0.25) is 0 Å². The van der Waals surface area contributed by atoms with Crippen LogP contribution in [-0.4, -0.2) is 37.7 Å². The number of aryl methyl sites for hydroxylation is 1. The molecule has 0 aliphatic carbocycles. The molecule has 0 unspecified atom stereocenters. The van der Waals surface area contributed by atoms with E-state index in [-0.39, 0.29) is 0 Å². The van der Waals surface area contributed by atoms with Gasteiger partial charge in [-0.1, -0.05) is 18.6 Å². The van der Waals surface area contributed by atoms with E-state index in [1.165, 1.54) is 19.3 Å². The molecule has 4 rings (SSSR count). The fourth-order valence-electron chi connectivity index (χ4n) is 3.52. The third-order valence-corrected chi connectivity index (χ3v) is 4.73. The van der Waals surface area contributed by atoms with Crippen molar-refractivity contribution in [3.63, 3.8) is 0 Å². The molecule has 3 aromatic rings. The van der Waals surface area contributed by atoms with Crippen LogP contribution >= 0.6 is 0 Å². The van der Waals surface area contributed by atoms with Gasteiger partial charge in [-0.05, 0) is 44.5 Å². The predicted octanol–water partition coefficient (Wildman–Crippen LogP) is 3.30. The molecule has 1 N–H and O–H groups in total. The van der Waals surface area contributed by atoms with E-state index in [0.29, 0.717) is 6.04 Å². The highest BCUT2D eigenvalue weighted by atomic mass is 15.3. The minimum Gasteiger partial charge on any atom is -0.341 e. The van der Waals surface area contributed by atoms with E-state index < -0.39 is 0 Å². The van der Waals surface area contributed by atoms with E-state index in [9.17, 15) is 0 Å². The van der Waals surface area contributed by atoms with Crippen LogP contribution in [0.1, 0.15) is 36.8 Å². The Morgan fingerprint density at radius 2 is 2.09 bits per heavy atom. The van der Waals surface area contributed by atoms with Gasteiger partial charge in [-0.2, -0.15) is 5.10 Å². The van der Waals surface area contributed by atoms with Crippen LogP contribution in [0.25, 0.3) is 11.0 Å². The number of nitrogens with one attached hydrogen (secondary N) is 1. The van der Waals surface area contributed by atoms with Gasteiger partial charge < -0.3 is 4.98 Å². The fourth-order valence-corrected chi connectivity index (χ4v) is 3.52. The lowest BCUT2D eigenvalue weighted by molar-refractivity contribution is 0.136. The monoisotopic (exact) mass is 309 g/mol. The minimum absolute atomic E-state index is 0.396. The molecule has 0 radical (unpaired) electrons. The maximum Gasteiger partial charge on any atom is 0.124 e. The summed E-state index contributed by atoms with van der Waals surface area (Å²) in [6.45, 7) is 5.13. The number of para-hydroxylation sites is 2. The number of piperidine rings is 1. The molecule has 0 amide bonds. The quantitative estimate of drug-likeness (QED) is 0.804. The molecule has 120 valence electrons. The molecule has 5 nitrogen and oxygen atoms in total. The molecule has 1 atom stereocenters. The van der Waals surface area contributed by atoms with Gasteiger partial charge in [0.1, 0.15) is 5.82 Å². The van der Waals surface area contributed by atoms with Gasteiger partial charge in [-0.3, -0.25) is 9.58 Å². The second-order valence-corrected chi connectivity index (χ2v) is 6.41. The lowest BCUT2D eigenvalue weighted by Crippen LogP contribution is -2.36. The third kappa shape index (κ3) is 3.01. The first-order valence-corrected chi connectivity index (χ1v) is 8.48. The number of benzene rings is 1. The van der Waals surface area contributed by atoms with Crippen LogP contribution in [0.5, 0.6) is 0 Å². The summed E-state index contributed by atoms with van der Waals surface area (Å²) in [4.78, 5) is 10.9. The second-order valence-electron chi connectivity index (χ2n) is 6.41. The van der Waals surface area contributed by atoms with Gasteiger partial charge in [0.15, 0.2) is 0 Å². The molecule has 3 heterocycles.